The first kappa shape index (κ1) is 28.7. The summed E-state index contributed by atoms with van der Waals surface area (Å²) in [5, 5.41) is 26.7. The molecule has 206 valence electrons. The molecule has 13 heteroatoms. The fraction of sp³-hybridized carbons (Fsp3) is 0.269. The van der Waals surface area contributed by atoms with E-state index < -0.39 is 60.7 Å². The van der Waals surface area contributed by atoms with E-state index in [1.165, 1.54) is 12.1 Å². The van der Waals surface area contributed by atoms with Gasteiger partial charge in [-0.25, -0.2) is 4.79 Å². The second-order valence-corrected chi connectivity index (χ2v) is 8.95. The minimum atomic E-state index is -1.59. The second kappa shape index (κ2) is 13.1. The number of phenolic OH excluding ortho intramolecular Hbond substituents is 1. The molecule has 0 aliphatic heterocycles. The molecule has 0 spiro atoms. The number of phenols is 1. The Morgan fingerprint density at radius 1 is 0.897 bits per heavy atom. The molecule has 0 aliphatic rings. The van der Waals surface area contributed by atoms with Crippen LogP contribution >= 0.6 is 0 Å². The average molecular weight is 539 g/mol. The predicted octanol–water partition coefficient (Wildman–Crippen LogP) is -0.968. The van der Waals surface area contributed by atoms with Crippen LogP contribution in [-0.2, 0) is 36.8 Å². The highest BCUT2D eigenvalue weighted by Crippen LogP contribution is 2.19. The number of aromatic nitrogens is 1. The molecule has 3 rings (SSSR count). The molecular weight excluding hydrogens is 508 g/mol. The Bertz CT molecular complexity index is 1350. The lowest BCUT2D eigenvalue weighted by atomic mass is 10.0. The Morgan fingerprint density at radius 3 is 2.26 bits per heavy atom. The number of hydrogen-bond donors (Lipinski definition) is 8. The summed E-state index contributed by atoms with van der Waals surface area (Å²) >= 11 is 0. The van der Waals surface area contributed by atoms with Crippen LogP contribution in [-0.4, -0.2) is 69.5 Å². The molecule has 3 aromatic rings. The van der Waals surface area contributed by atoms with E-state index in [0.29, 0.717) is 11.1 Å². The number of benzene rings is 2. The van der Waals surface area contributed by atoms with Crippen molar-refractivity contribution in [2.75, 3.05) is 6.54 Å². The van der Waals surface area contributed by atoms with E-state index in [9.17, 15) is 34.2 Å². The average Bonchev–Trinajstić information content (AvgIpc) is 3.30. The molecule has 39 heavy (non-hydrogen) atoms. The summed E-state index contributed by atoms with van der Waals surface area (Å²) in [5.74, 6) is -4.49. The van der Waals surface area contributed by atoms with Gasteiger partial charge in [0.25, 0.3) is 0 Å². The summed E-state index contributed by atoms with van der Waals surface area (Å²) in [6, 6.07) is 9.63. The first-order chi connectivity index (χ1) is 18.5. The van der Waals surface area contributed by atoms with Crippen LogP contribution in [0.15, 0.2) is 54.7 Å². The smallest absolute Gasteiger partial charge is 0.326 e. The van der Waals surface area contributed by atoms with Crippen molar-refractivity contribution in [3.8, 4) is 5.75 Å². The van der Waals surface area contributed by atoms with E-state index in [4.69, 9.17) is 11.5 Å². The molecule has 10 N–H and O–H groups in total. The molecule has 4 amide bonds. The number of aromatic hydroxyl groups is 1. The minimum Gasteiger partial charge on any atom is -0.508 e. The predicted molar refractivity (Wildman–Crippen MR) is 140 cm³/mol. The second-order valence-electron chi connectivity index (χ2n) is 8.95. The first-order valence-corrected chi connectivity index (χ1v) is 12.0. The fourth-order valence-corrected chi connectivity index (χ4v) is 3.93. The molecular formula is C26H30N6O7. The lowest BCUT2D eigenvalue weighted by molar-refractivity contribution is -0.143. The van der Waals surface area contributed by atoms with Gasteiger partial charge in [-0.2, -0.15) is 0 Å². The van der Waals surface area contributed by atoms with E-state index in [1.807, 2.05) is 18.2 Å². The molecule has 0 saturated heterocycles. The third-order valence-electron chi connectivity index (χ3n) is 5.92. The van der Waals surface area contributed by atoms with Crippen LogP contribution in [0, 0.1) is 0 Å². The van der Waals surface area contributed by atoms with Gasteiger partial charge >= 0.3 is 5.97 Å². The van der Waals surface area contributed by atoms with Gasteiger partial charge in [0, 0.05) is 23.5 Å². The van der Waals surface area contributed by atoms with Crippen LogP contribution in [0.5, 0.6) is 5.75 Å². The number of carbonyl (C=O) groups is 5. The highest BCUT2D eigenvalue weighted by molar-refractivity contribution is 5.94. The van der Waals surface area contributed by atoms with Crippen LogP contribution < -0.4 is 27.4 Å². The van der Waals surface area contributed by atoms with Crippen molar-refractivity contribution < 1.29 is 34.2 Å². The number of nitrogens with one attached hydrogen (secondary N) is 4. The maximum absolute atomic E-state index is 13.0. The molecule has 3 atom stereocenters. The zero-order chi connectivity index (χ0) is 28.5. The SMILES string of the molecule is NC(=O)CC(NC(=O)C(Cc1c[nH]c2ccccc12)NC(=O)CNC(=O)C(N)Cc1ccc(O)cc1)C(=O)O. The van der Waals surface area contributed by atoms with Gasteiger partial charge in [0.05, 0.1) is 19.0 Å². The normalized spacial score (nSPS) is 13.2. The Morgan fingerprint density at radius 2 is 1.59 bits per heavy atom. The van der Waals surface area contributed by atoms with Gasteiger partial charge in [0.15, 0.2) is 0 Å². The summed E-state index contributed by atoms with van der Waals surface area (Å²) in [5.41, 5.74) is 13.2. The number of primary amides is 1. The quantitative estimate of drug-likeness (QED) is 0.135. The summed E-state index contributed by atoms with van der Waals surface area (Å²) in [6.07, 6.45) is 1.18. The van der Waals surface area contributed by atoms with Crippen molar-refractivity contribution in [3.63, 3.8) is 0 Å². The summed E-state index contributed by atoms with van der Waals surface area (Å²) in [4.78, 5) is 64.0. The van der Waals surface area contributed by atoms with Crippen LogP contribution in [0.25, 0.3) is 10.9 Å². The minimum absolute atomic E-state index is 0.0151. The van der Waals surface area contributed by atoms with Crippen molar-refractivity contribution in [2.24, 2.45) is 11.5 Å². The van der Waals surface area contributed by atoms with Gasteiger partial charge < -0.3 is 42.6 Å². The van der Waals surface area contributed by atoms with Crippen molar-refractivity contribution >= 4 is 40.5 Å². The Balaban J connectivity index is 1.67. The number of amides is 4. The number of hydrogen-bond acceptors (Lipinski definition) is 7. The number of aromatic amines is 1. The molecule has 0 bridgehead atoms. The molecule has 1 heterocycles. The zero-order valence-electron chi connectivity index (χ0n) is 20.8. The largest absolute Gasteiger partial charge is 0.508 e. The molecule has 0 fully saturated rings. The van der Waals surface area contributed by atoms with Gasteiger partial charge in [-0.1, -0.05) is 30.3 Å². The van der Waals surface area contributed by atoms with Crippen LogP contribution in [0.2, 0.25) is 0 Å². The van der Waals surface area contributed by atoms with E-state index in [1.54, 1.807) is 24.4 Å². The number of carboxylic acid groups (broad SMARTS) is 1. The monoisotopic (exact) mass is 538 g/mol. The zero-order valence-corrected chi connectivity index (χ0v) is 20.8. The number of H-pyrrole nitrogens is 1. The lowest BCUT2D eigenvalue weighted by Crippen LogP contribution is -2.55. The molecule has 0 aliphatic carbocycles. The molecule has 3 unspecified atom stereocenters. The van der Waals surface area contributed by atoms with Crippen molar-refractivity contribution in [1.29, 1.82) is 0 Å². The maximum atomic E-state index is 13.0. The number of para-hydroxylation sites is 1. The van der Waals surface area contributed by atoms with Crippen LogP contribution in [0.3, 0.4) is 0 Å². The number of carboxylic acids is 1. The molecule has 0 saturated carbocycles. The van der Waals surface area contributed by atoms with Gasteiger partial charge in [-0.15, -0.1) is 0 Å². The highest BCUT2D eigenvalue weighted by Gasteiger charge is 2.28. The Hall–Kier alpha value is -4.91. The number of rotatable bonds is 13. The van der Waals surface area contributed by atoms with E-state index in [0.717, 1.165) is 10.9 Å². The molecule has 13 nitrogen and oxygen atoms in total. The van der Waals surface area contributed by atoms with Crippen LogP contribution in [0.4, 0.5) is 0 Å². The first-order valence-electron chi connectivity index (χ1n) is 12.0. The third kappa shape index (κ3) is 8.30. The van der Waals surface area contributed by atoms with Gasteiger partial charge in [0.2, 0.25) is 23.6 Å². The van der Waals surface area contributed by atoms with E-state index in [2.05, 4.69) is 20.9 Å². The number of carbonyl (C=O) groups excluding carboxylic acids is 4. The van der Waals surface area contributed by atoms with Gasteiger partial charge in [-0.05, 0) is 35.7 Å². The Labute approximate surface area is 222 Å². The fourth-order valence-electron chi connectivity index (χ4n) is 3.93. The number of fused-ring (bicyclic) bond motifs is 1. The van der Waals surface area contributed by atoms with E-state index in [-0.39, 0.29) is 18.6 Å². The highest BCUT2D eigenvalue weighted by atomic mass is 16.4. The Kier molecular flexibility index (Phi) is 9.59. The third-order valence-corrected chi connectivity index (χ3v) is 5.92. The summed E-state index contributed by atoms with van der Waals surface area (Å²) < 4.78 is 0. The van der Waals surface area contributed by atoms with Crippen molar-refractivity contribution in [2.45, 2.75) is 37.4 Å². The maximum Gasteiger partial charge on any atom is 0.326 e. The number of nitrogens with two attached hydrogens (primary N) is 2. The molecule has 2 aromatic carbocycles. The molecule has 1 aromatic heterocycles. The van der Waals surface area contributed by atoms with E-state index >= 15 is 0 Å². The van der Waals surface area contributed by atoms with Gasteiger partial charge in [-0.3, -0.25) is 19.2 Å². The van der Waals surface area contributed by atoms with Gasteiger partial charge in [0.1, 0.15) is 17.8 Å². The lowest BCUT2D eigenvalue weighted by Gasteiger charge is -2.21. The summed E-state index contributed by atoms with van der Waals surface area (Å²) in [7, 11) is 0. The van der Waals surface area contributed by atoms with Crippen LogP contribution in [0.1, 0.15) is 17.5 Å². The van der Waals surface area contributed by atoms with Crippen molar-refractivity contribution in [1.82, 2.24) is 20.9 Å². The topological polar surface area (TPSA) is 230 Å². The standard InChI is InChI=1S/C26H30N6O7/c27-18(9-14-5-7-16(33)8-6-14)24(36)30-13-23(35)31-20(25(37)32-21(26(38)39)11-22(28)34)10-15-12-29-19-4-2-1-3-17(15)19/h1-8,12,18,20-21,29,33H,9-11,13,27H2,(H2,28,34)(H,30,36)(H,31,35)(H,32,37)(H,38,39). The molecule has 0 radical (unpaired) electrons. The number of aliphatic carboxylic acids is 1. The summed E-state index contributed by atoms with van der Waals surface area (Å²) in [6.45, 7) is -0.497. The van der Waals surface area contributed by atoms with Crippen molar-refractivity contribution in [3.05, 3.63) is 65.9 Å².